The Morgan fingerprint density at radius 1 is 1.19 bits per heavy atom. The number of imidazole rings is 1. The summed E-state index contributed by atoms with van der Waals surface area (Å²) in [6, 6.07) is 13.9. The van der Waals surface area contributed by atoms with Crippen molar-refractivity contribution in [1.29, 1.82) is 0 Å². The second-order valence-electron chi connectivity index (χ2n) is 6.89. The van der Waals surface area contributed by atoms with Crippen molar-refractivity contribution < 1.29 is 9.53 Å². The van der Waals surface area contributed by atoms with Gasteiger partial charge in [0.2, 0.25) is 0 Å². The highest BCUT2D eigenvalue weighted by molar-refractivity contribution is 5.97. The Hall–Kier alpha value is -2.82. The van der Waals surface area contributed by atoms with E-state index in [0.717, 1.165) is 28.2 Å². The summed E-state index contributed by atoms with van der Waals surface area (Å²) in [5.41, 5.74) is 3.80. The first-order valence-corrected chi connectivity index (χ1v) is 9.06. The van der Waals surface area contributed by atoms with Crippen molar-refractivity contribution in [2.24, 2.45) is 0 Å². The number of hydrogen-bond acceptors (Lipinski definition) is 3. The van der Waals surface area contributed by atoms with Gasteiger partial charge in [0.15, 0.2) is 0 Å². The topological polar surface area (TPSA) is 56.2 Å². The molecule has 5 nitrogen and oxygen atoms in total. The number of nitrogens with one attached hydrogen (secondary N) is 1. The van der Waals surface area contributed by atoms with Crippen molar-refractivity contribution in [3.8, 4) is 5.75 Å². The summed E-state index contributed by atoms with van der Waals surface area (Å²) < 4.78 is 8.05. The quantitative estimate of drug-likeness (QED) is 0.782. The van der Waals surface area contributed by atoms with Crippen LogP contribution in [0, 0.1) is 6.92 Å². The smallest absolute Gasteiger partial charge is 0.255 e. The minimum atomic E-state index is -0.0924. The number of ether oxygens (including phenoxy) is 1. The molecule has 0 bridgehead atoms. The van der Waals surface area contributed by atoms with E-state index in [2.05, 4.69) is 27.9 Å². The highest BCUT2D eigenvalue weighted by atomic mass is 16.5. The molecule has 1 aliphatic rings. The van der Waals surface area contributed by atoms with E-state index in [1.54, 1.807) is 0 Å². The van der Waals surface area contributed by atoms with E-state index in [4.69, 9.17) is 4.74 Å². The molecule has 0 fully saturated rings. The van der Waals surface area contributed by atoms with Gasteiger partial charge in [0.1, 0.15) is 17.7 Å². The summed E-state index contributed by atoms with van der Waals surface area (Å²) in [5.74, 6) is 1.89. The molecule has 0 aliphatic carbocycles. The van der Waals surface area contributed by atoms with Crippen molar-refractivity contribution in [2.45, 2.75) is 39.3 Å². The Morgan fingerprint density at radius 3 is 2.85 bits per heavy atom. The largest absolute Gasteiger partial charge is 0.489 e. The molecule has 1 aromatic heterocycles. The molecule has 0 radical (unpaired) electrons. The van der Waals surface area contributed by atoms with Gasteiger partial charge in [-0.15, -0.1) is 0 Å². The number of para-hydroxylation sites is 3. The van der Waals surface area contributed by atoms with Crippen LogP contribution in [0.15, 0.2) is 42.5 Å². The highest BCUT2D eigenvalue weighted by Crippen LogP contribution is 2.40. The fourth-order valence-electron chi connectivity index (χ4n) is 3.62. The molecule has 3 aromatic rings. The molecule has 2 heterocycles. The second kappa shape index (κ2) is 6.48. The zero-order chi connectivity index (χ0) is 18.3. The number of hydrogen-bond donors (Lipinski definition) is 1. The number of rotatable bonds is 4. The van der Waals surface area contributed by atoms with Crippen LogP contribution in [0.3, 0.4) is 0 Å². The lowest BCUT2D eigenvalue weighted by molar-refractivity contribution is 0.0947. The molecule has 1 N–H and O–H groups in total. The fraction of sp³-hybridized carbons (Fsp3) is 0.333. The SMILES string of the molecule is Cc1nc2ccccc2n1CCNC(=O)c1cccc2c1O[C@H](C)[C@H]2C. The van der Waals surface area contributed by atoms with Gasteiger partial charge in [-0.1, -0.05) is 31.2 Å². The Morgan fingerprint density at radius 2 is 2.00 bits per heavy atom. The predicted molar refractivity (Wildman–Crippen MR) is 102 cm³/mol. The molecule has 134 valence electrons. The minimum Gasteiger partial charge on any atom is -0.489 e. The maximum atomic E-state index is 12.7. The minimum absolute atomic E-state index is 0.0924. The van der Waals surface area contributed by atoms with Crippen LogP contribution >= 0.6 is 0 Å². The third-order valence-corrected chi connectivity index (χ3v) is 5.25. The summed E-state index contributed by atoms with van der Waals surface area (Å²) in [7, 11) is 0. The van der Waals surface area contributed by atoms with Crippen LogP contribution in [0.25, 0.3) is 11.0 Å². The van der Waals surface area contributed by atoms with Crippen molar-refractivity contribution in [2.75, 3.05) is 6.54 Å². The van der Waals surface area contributed by atoms with Gasteiger partial charge < -0.3 is 14.6 Å². The Kier molecular flexibility index (Phi) is 4.15. The van der Waals surface area contributed by atoms with Crippen molar-refractivity contribution in [3.63, 3.8) is 0 Å². The second-order valence-corrected chi connectivity index (χ2v) is 6.89. The number of aryl methyl sites for hydroxylation is 1. The number of carbonyl (C=O) groups excluding carboxylic acids is 1. The Balaban J connectivity index is 1.48. The molecular formula is C21H23N3O2. The first kappa shape index (κ1) is 16.6. The van der Waals surface area contributed by atoms with E-state index >= 15 is 0 Å². The van der Waals surface area contributed by atoms with E-state index in [0.29, 0.717) is 24.6 Å². The van der Waals surface area contributed by atoms with E-state index in [1.807, 2.05) is 50.2 Å². The van der Waals surface area contributed by atoms with E-state index in [-0.39, 0.29) is 12.0 Å². The number of nitrogens with zero attached hydrogens (tertiary/aromatic N) is 2. The number of amides is 1. The first-order valence-electron chi connectivity index (χ1n) is 9.06. The van der Waals surface area contributed by atoms with Crippen molar-refractivity contribution in [1.82, 2.24) is 14.9 Å². The lowest BCUT2D eigenvalue weighted by Crippen LogP contribution is -2.28. The molecule has 26 heavy (non-hydrogen) atoms. The van der Waals surface area contributed by atoms with Gasteiger partial charge in [-0.25, -0.2) is 4.98 Å². The Labute approximate surface area is 153 Å². The van der Waals surface area contributed by atoms with Crippen LogP contribution in [0.4, 0.5) is 0 Å². The molecule has 0 unspecified atom stereocenters. The summed E-state index contributed by atoms with van der Waals surface area (Å²) in [6.07, 6.45) is 0.0962. The van der Waals surface area contributed by atoms with E-state index < -0.39 is 0 Å². The van der Waals surface area contributed by atoms with Crippen LogP contribution in [0.2, 0.25) is 0 Å². The van der Waals surface area contributed by atoms with E-state index in [1.165, 1.54) is 0 Å². The molecule has 0 spiro atoms. The summed E-state index contributed by atoms with van der Waals surface area (Å²) in [4.78, 5) is 17.2. The molecule has 5 heteroatoms. The van der Waals surface area contributed by atoms with Gasteiger partial charge in [-0.3, -0.25) is 4.79 Å². The lowest BCUT2D eigenvalue weighted by atomic mass is 9.97. The third kappa shape index (κ3) is 2.73. The third-order valence-electron chi connectivity index (χ3n) is 5.25. The number of aromatic nitrogens is 2. The average Bonchev–Trinajstić information content (AvgIpc) is 3.11. The molecule has 4 rings (SSSR count). The van der Waals surface area contributed by atoms with Gasteiger partial charge in [-0.05, 0) is 32.0 Å². The molecule has 2 atom stereocenters. The molecular weight excluding hydrogens is 326 g/mol. The summed E-state index contributed by atoms with van der Waals surface area (Å²) in [6.45, 7) is 7.38. The Bertz CT molecular complexity index is 977. The number of carbonyl (C=O) groups is 1. The lowest BCUT2D eigenvalue weighted by Gasteiger charge is -2.11. The van der Waals surface area contributed by atoms with Crippen molar-refractivity contribution in [3.05, 3.63) is 59.4 Å². The summed E-state index contributed by atoms with van der Waals surface area (Å²) >= 11 is 0. The molecule has 0 saturated heterocycles. The maximum Gasteiger partial charge on any atom is 0.255 e. The van der Waals surface area contributed by atoms with E-state index in [9.17, 15) is 4.79 Å². The maximum absolute atomic E-state index is 12.7. The van der Waals surface area contributed by atoms with Crippen LogP contribution in [0.5, 0.6) is 5.75 Å². The average molecular weight is 349 g/mol. The normalized spacial score (nSPS) is 18.6. The first-order chi connectivity index (χ1) is 12.6. The zero-order valence-electron chi connectivity index (χ0n) is 15.3. The van der Waals surface area contributed by atoms with Gasteiger partial charge in [0, 0.05) is 24.6 Å². The number of benzene rings is 2. The van der Waals surface area contributed by atoms with Gasteiger partial charge in [-0.2, -0.15) is 0 Å². The van der Waals surface area contributed by atoms with Gasteiger partial charge in [0.05, 0.1) is 16.6 Å². The zero-order valence-corrected chi connectivity index (χ0v) is 15.3. The van der Waals surface area contributed by atoms with Crippen LogP contribution in [-0.4, -0.2) is 28.1 Å². The predicted octanol–water partition coefficient (Wildman–Crippen LogP) is 3.66. The standard InChI is InChI=1S/C21H23N3O2/c1-13-14(2)26-20-16(13)7-6-8-17(20)21(25)22-11-12-24-15(3)23-18-9-4-5-10-19(18)24/h4-10,13-14H,11-12H2,1-3H3,(H,22,25)/t13-,14-/m1/s1. The van der Waals surface area contributed by atoms with Crippen molar-refractivity contribution >= 4 is 16.9 Å². The molecule has 2 aromatic carbocycles. The fourth-order valence-corrected chi connectivity index (χ4v) is 3.62. The molecule has 0 saturated carbocycles. The molecule has 1 amide bonds. The monoisotopic (exact) mass is 349 g/mol. The molecule has 1 aliphatic heterocycles. The van der Waals surface area contributed by atoms with Gasteiger partial charge >= 0.3 is 0 Å². The number of fused-ring (bicyclic) bond motifs is 2. The van der Waals surface area contributed by atoms with Gasteiger partial charge in [0.25, 0.3) is 5.91 Å². The van der Waals surface area contributed by atoms with Crippen LogP contribution in [-0.2, 0) is 6.54 Å². The summed E-state index contributed by atoms with van der Waals surface area (Å²) in [5, 5.41) is 3.02. The van der Waals surface area contributed by atoms with Crippen LogP contribution < -0.4 is 10.1 Å². The van der Waals surface area contributed by atoms with Crippen LogP contribution in [0.1, 0.15) is 41.5 Å². The highest BCUT2D eigenvalue weighted by Gasteiger charge is 2.30.